The van der Waals surface area contributed by atoms with E-state index < -0.39 is 0 Å². The number of likely N-dealkylation sites (N-methyl/N-ethyl adjacent to an activating group) is 1. The Kier molecular flexibility index (Phi) is 8.31. The second-order valence-electron chi connectivity index (χ2n) is 2.75. The van der Waals surface area contributed by atoms with Crippen molar-refractivity contribution in [2.75, 3.05) is 13.1 Å². The lowest BCUT2D eigenvalue weighted by Crippen LogP contribution is -2.16. The molecule has 0 aliphatic carbocycles. The fraction of sp³-hybridized carbons (Fsp3) is 0.500. The largest absolute Gasteiger partial charge is 0.317 e. The molecule has 0 saturated heterocycles. The number of pyridine rings is 1. The molecule has 3 nitrogen and oxygen atoms in total. The minimum atomic E-state index is 0.682. The highest BCUT2D eigenvalue weighted by Crippen LogP contribution is 2.00. The van der Waals surface area contributed by atoms with Gasteiger partial charge in [0.2, 0.25) is 0 Å². The van der Waals surface area contributed by atoms with Crippen LogP contribution in [0, 0.1) is 11.3 Å². The van der Waals surface area contributed by atoms with Crippen LogP contribution in [0.2, 0.25) is 0 Å². The van der Waals surface area contributed by atoms with Gasteiger partial charge in [-0.3, -0.25) is 4.98 Å². The van der Waals surface area contributed by atoms with Crippen LogP contribution in [-0.2, 0) is 6.42 Å². The molecule has 0 amide bonds. The summed E-state index contributed by atoms with van der Waals surface area (Å²) in [6.45, 7) is 7.95. The molecule has 3 heteroatoms. The molecule has 0 atom stereocenters. The van der Waals surface area contributed by atoms with Gasteiger partial charge in [0.25, 0.3) is 0 Å². The first-order chi connectivity index (χ1) is 7.36. The van der Waals surface area contributed by atoms with Crippen LogP contribution in [-0.4, -0.2) is 18.1 Å². The van der Waals surface area contributed by atoms with Crippen molar-refractivity contribution in [3.05, 3.63) is 29.6 Å². The van der Waals surface area contributed by atoms with E-state index in [2.05, 4.69) is 23.3 Å². The molecule has 0 aromatic carbocycles. The third-order valence-electron chi connectivity index (χ3n) is 1.75. The average Bonchev–Trinajstić information content (AvgIpc) is 2.32. The van der Waals surface area contributed by atoms with Crippen LogP contribution >= 0.6 is 0 Å². The predicted molar refractivity (Wildman–Crippen MR) is 62.5 cm³/mol. The van der Waals surface area contributed by atoms with Crippen molar-refractivity contribution in [1.82, 2.24) is 10.3 Å². The lowest BCUT2D eigenvalue weighted by molar-refractivity contribution is 0.708. The number of hydrogen-bond acceptors (Lipinski definition) is 3. The number of rotatable bonds is 4. The van der Waals surface area contributed by atoms with E-state index >= 15 is 0 Å². The molecule has 1 rings (SSSR count). The molecular formula is C12H19N3. The van der Waals surface area contributed by atoms with Crippen LogP contribution in [0.15, 0.2) is 18.3 Å². The summed E-state index contributed by atoms with van der Waals surface area (Å²) in [4.78, 5) is 4.17. The summed E-state index contributed by atoms with van der Waals surface area (Å²) < 4.78 is 0. The molecule has 0 aliphatic heterocycles. The minimum Gasteiger partial charge on any atom is -0.317 e. The molecular weight excluding hydrogens is 186 g/mol. The third-order valence-corrected chi connectivity index (χ3v) is 1.75. The minimum absolute atomic E-state index is 0.682. The van der Waals surface area contributed by atoms with E-state index in [0.29, 0.717) is 5.56 Å². The van der Waals surface area contributed by atoms with Crippen molar-refractivity contribution in [2.45, 2.75) is 27.2 Å². The van der Waals surface area contributed by atoms with Crippen molar-refractivity contribution < 1.29 is 0 Å². The first kappa shape index (κ1) is 13.6. The van der Waals surface area contributed by atoms with Crippen molar-refractivity contribution in [1.29, 1.82) is 5.26 Å². The Morgan fingerprint density at radius 1 is 1.47 bits per heavy atom. The summed E-state index contributed by atoms with van der Waals surface area (Å²) in [5, 5.41) is 11.9. The Morgan fingerprint density at radius 3 is 2.80 bits per heavy atom. The summed E-state index contributed by atoms with van der Waals surface area (Å²) in [5.74, 6) is 0. The Hall–Kier alpha value is -1.40. The normalized spacial score (nSPS) is 8.67. The lowest BCUT2D eigenvalue weighted by atomic mass is 10.2. The van der Waals surface area contributed by atoms with Gasteiger partial charge in [-0.15, -0.1) is 0 Å². The molecule has 1 aromatic heterocycles. The molecule has 0 unspecified atom stereocenters. The number of nitrogens with zero attached hydrogens (tertiary/aromatic N) is 2. The van der Waals surface area contributed by atoms with Crippen molar-refractivity contribution in [2.24, 2.45) is 0 Å². The smallest absolute Gasteiger partial charge is 0.0992 e. The molecule has 82 valence electrons. The molecule has 0 spiro atoms. The summed E-state index contributed by atoms with van der Waals surface area (Å²) in [6, 6.07) is 5.65. The number of nitrogens with one attached hydrogen (secondary N) is 1. The Labute approximate surface area is 92.2 Å². The van der Waals surface area contributed by atoms with Gasteiger partial charge in [-0.2, -0.15) is 5.26 Å². The molecule has 0 fully saturated rings. The highest BCUT2D eigenvalue weighted by Gasteiger charge is 1.95. The first-order valence-electron chi connectivity index (χ1n) is 5.42. The van der Waals surface area contributed by atoms with Gasteiger partial charge in [0, 0.05) is 24.9 Å². The standard InChI is InChI=1S/C10H13N3.C2H6/c1-2-12-5-4-10-7-9(8-11)3-6-13-10;1-2/h3,6-7,12H,2,4-5H2,1H3;1-2H3. The maximum atomic E-state index is 8.64. The molecule has 1 heterocycles. The van der Waals surface area contributed by atoms with E-state index in [0.717, 1.165) is 25.2 Å². The fourth-order valence-corrected chi connectivity index (χ4v) is 1.08. The topological polar surface area (TPSA) is 48.7 Å². The molecule has 0 aliphatic rings. The third kappa shape index (κ3) is 5.82. The summed E-state index contributed by atoms with van der Waals surface area (Å²) in [5.41, 5.74) is 1.65. The molecule has 1 aromatic rings. The van der Waals surface area contributed by atoms with Crippen LogP contribution in [0.4, 0.5) is 0 Å². The van der Waals surface area contributed by atoms with Crippen LogP contribution in [0.5, 0.6) is 0 Å². The maximum absolute atomic E-state index is 8.64. The fourth-order valence-electron chi connectivity index (χ4n) is 1.08. The van der Waals surface area contributed by atoms with Crippen molar-refractivity contribution >= 4 is 0 Å². The van der Waals surface area contributed by atoms with E-state index in [4.69, 9.17) is 5.26 Å². The Balaban J connectivity index is 0.000000921. The van der Waals surface area contributed by atoms with Crippen LogP contribution in [0.1, 0.15) is 32.0 Å². The predicted octanol–water partition coefficient (Wildman–Crippen LogP) is 2.13. The first-order valence-corrected chi connectivity index (χ1v) is 5.42. The van der Waals surface area contributed by atoms with Crippen LogP contribution < -0.4 is 5.32 Å². The SMILES string of the molecule is CC.CCNCCc1cc(C#N)ccn1. The second kappa shape index (κ2) is 9.17. The summed E-state index contributed by atoms with van der Waals surface area (Å²) in [7, 11) is 0. The zero-order chi connectivity index (χ0) is 11.5. The van der Waals surface area contributed by atoms with Gasteiger partial charge in [-0.25, -0.2) is 0 Å². The summed E-state index contributed by atoms with van der Waals surface area (Å²) in [6.07, 6.45) is 2.56. The van der Waals surface area contributed by atoms with Crippen LogP contribution in [0.3, 0.4) is 0 Å². The lowest BCUT2D eigenvalue weighted by Gasteiger charge is -2.00. The Morgan fingerprint density at radius 2 is 2.20 bits per heavy atom. The number of nitriles is 1. The van der Waals surface area contributed by atoms with Gasteiger partial charge >= 0.3 is 0 Å². The monoisotopic (exact) mass is 205 g/mol. The maximum Gasteiger partial charge on any atom is 0.0992 e. The molecule has 1 N–H and O–H groups in total. The van der Waals surface area contributed by atoms with E-state index in [-0.39, 0.29) is 0 Å². The van der Waals surface area contributed by atoms with Gasteiger partial charge < -0.3 is 5.32 Å². The number of hydrogen-bond donors (Lipinski definition) is 1. The van der Waals surface area contributed by atoms with Gasteiger partial charge in [0.1, 0.15) is 0 Å². The van der Waals surface area contributed by atoms with Gasteiger partial charge in [0.05, 0.1) is 11.6 Å². The van der Waals surface area contributed by atoms with Crippen LogP contribution in [0.25, 0.3) is 0 Å². The molecule has 0 radical (unpaired) electrons. The van der Waals surface area contributed by atoms with E-state index in [9.17, 15) is 0 Å². The van der Waals surface area contributed by atoms with Gasteiger partial charge in [-0.05, 0) is 18.7 Å². The van der Waals surface area contributed by atoms with E-state index in [1.807, 2.05) is 19.9 Å². The van der Waals surface area contributed by atoms with Crippen molar-refractivity contribution in [3.8, 4) is 6.07 Å². The zero-order valence-corrected chi connectivity index (χ0v) is 9.75. The van der Waals surface area contributed by atoms with E-state index in [1.54, 1.807) is 12.3 Å². The molecule has 0 saturated carbocycles. The van der Waals surface area contributed by atoms with Gasteiger partial charge in [-0.1, -0.05) is 20.8 Å². The number of aromatic nitrogens is 1. The Bertz CT molecular complexity index is 302. The highest BCUT2D eigenvalue weighted by atomic mass is 14.8. The average molecular weight is 205 g/mol. The zero-order valence-electron chi connectivity index (χ0n) is 9.75. The van der Waals surface area contributed by atoms with Crippen molar-refractivity contribution in [3.63, 3.8) is 0 Å². The molecule has 0 bridgehead atoms. The summed E-state index contributed by atoms with van der Waals surface area (Å²) >= 11 is 0. The second-order valence-corrected chi connectivity index (χ2v) is 2.75. The quantitative estimate of drug-likeness (QED) is 0.766. The molecule has 15 heavy (non-hydrogen) atoms. The van der Waals surface area contributed by atoms with E-state index in [1.165, 1.54) is 0 Å². The van der Waals surface area contributed by atoms with Gasteiger partial charge in [0.15, 0.2) is 0 Å². The highest BCUT2D eigenvalue weighted by molar-refractivity contribution is 5.28.